The molecule has 0 unspecified atom stereocenters. The lowest BCUT2D eigenvalue weighted by molar-refractivity contribution is 0.0988. The number of carbonyl (C=O) groups excluding carboxylic acids is 1. The van der Waals surface area contributed by atoms with Crippen molar-refractivity contribution in [1.29, 1.82) is 0 Å². The summed E-state index contributed by atoms with van der Waals surface area (Å²) in [5, 5.41) is 3.95. The van der Waals surface area contributed by atoms with Crippen LogP contribution >= 0.6 is 38.5 Å². The van der Waals surface area contributed by atoms with Crippen molar-refractivity contribution in [1.82, 2.24) is 14.8 Å². The van der Waals surface area contributed by atoms with Gasteiger partial charge in [-0.2, -0.15) is 5.10 Å². The van der Waals surface area contributed by atoms with Gasteiger partial charge >= 0.3 is 0 Å². The Hall–Kier alpha value is -0.760. The third kappa shape index (κ3) is 2.92. The minimum Gasteiger partial charge on any atom is -0.294 e. The molecule has 0 amide bonds. The fourth-order valence-corrected chi connectivity index (χ4v) is 2.43. The molecule has 0 N–H and O–H groups in total. The average Bonchev–Trinajstić information content (AvgIpc) is 2.68. The first-order chi connectivity index (χ1) is 8.08. The molecule has 6 heteroatoms. The number of hydrogen-bond donors (Lipinski definition) is 0. The number of halogens is 2. The van der Waals surface area contributed by atoms with E-state index >= 15 is 0 Å². The fourth-order valence-electron chi connectivity index (χ4n) is 1.43. The molecule has 0 aliphatic heterocycles. The number of hydrogen-bond acceptors (Lipinski definition) is 3. The van der Waals surface area contributed by atoms with E-state index in [9.17, 15) is 4.79 Å². The number of benzene rings is 1. The molecule has 1 aromatic heterocycles. The van der Waals surface area contributed by atoms with Crippen molar-refractivity contribution in [2.45, 2.75) is 6.42 Å². The van der Waals surface area contributed by atoms with Gasteiger partial charge in [0.05, 0.1) is 6.42 Å². The van der Waals surface area contributed by atoms with Crippen molar-refractivity contribution in [3.8, 4) is 0 Å². The number of carbonyl (C=O) groups is 1. The van der Waals surface area contributed by atoms with E-state index in [1.807, 2.05) is 18.2 Å². The first-order valence-electron chi connectivity index (χ1n) is 4.89. The summed E-state index contributed by atoms with van der Waals surface area (Å²) in [6, 6.07) is 5.66. The van der Waals surface area contributed by atoms with Crippen molar-refractivity contribution in [2.75, 3.05) is 0 Å². The molecule has 0 aliphatic carbocycles. The highest BCUT2D eigenvalue weighted by molar-refractivity contribution is 14.1. The van der Waals surface area contributed by atoms with Crippen molar-refractivity contribution >= 4 is 44.3 Å². The van der Waals surface area contributed by atoms with Gasteiger partial charge in [-0.1, -0.05) is 15.9 Å². The Morgan fingerprint density at radius 1 is 1.53 bits per heavy atom. The number of ketones is 1. The molecule has 0 saturated heterocycles. The smallest absolute Gasteiger partial charge is 0.171 e. The maximum absolute atomic E-state index is 12.1. The molecular formula is C11H9BrIN3O. The molecule has 0 spiro atoms. The Labute approximate surface area is 121 Å². The number of aryl methyl sites for hydroxylation is 1. The predicted octanol–water partition coefficient (Wildman–Crippen LogP) is 2.61. The highest BCUT2D eigenvalue weighted by Gasteiger charge is 2.13. The predicted molar refractivity (Wildman–Crippen MR) is 75.9 cm³/mol. The van der Waals surface area contributed by atoms with E-state index in [4.69, 9.17) is 0 Å². The normalized spacial score (nSPS) is 10.5. The molecule has 0 aliphatic rings. The summed E-state index contributed by atoms with van der Waals surface area (Å²) >= 11 is 5.53. The summed E-state index contributed by atoms with van der Waals surface area (Å²) in [5.41, 5.74) is 0.711. The van der Waals surface area contributed by atoms with Crippen molar-refractivity contribution < 1.29 is 4.79 Å². The molecule has 0 radical (unpaired) electrons. The van der Waals surface area contributed by atoms with Crippen LogP contribution in [0.5, 0.6) is 0 Å². The quantitative estimate of drug-likeness (QED) is 0.582. The molecule has 0 atom stereocenters. The van der Waals surface area contributed by atoms with E-state index in [2.05, 4.69) is 48.6 Å². The molecular weight excluding hydrogens is 397 g/mol. The van der Waals surface area contributed by atoms with Crippen LogP contribution in [0, 0.1) is 3.57 Å². The summed E-state index contributed by atoms with van der Waals surface area (Å²) in [5.74, 6) is 0.720. The average molecular weight is 406 g/mol. The second-order valence-electron chi connectivity index (χ2n) is 3.52. The third-order valence-electron chi connectivity index (χ3n) is 2.35. The minimum absolute atomic E-state index is 0.0480. The van der Waals surface area contributed by atoms with E-state index in [-0.39, 0.29) is 12.2 Å². The van der Waals surface area contributed by atoms with Crippen LogP contribution in [0.4, 0.5) is 0 Å². The molecule has 2 rings (SSSR count). The lowest BCUT2D eigenvalue weighted by atomic mass is 10.1. The minimum atomic E-state index is 0.0480. The zero-order valence-corrected chi connectivity index (χ0v) is 12.8. The van der Waals surface area contributed by atoms with Crippen LogP contribution in [0.15, 0.2) is 29.0 Å². The summed E-state index contributed by atoms with van der Waals surface area (Å²) < 4.78 is 3.46. The zero-order chi connectivity index (χ0) is 12.4. The van der Waals surface area contributed by atoms with Crippen LogP contribution in [0.25, 0.3) is 0 Å². The van der Waals surface area contributed by atoms with Crippen molar-refractivity contribution in [3.05, 3.63) is 44.0 Å². The van der Waals surface area contributed by atoms with E-state index in [0.717, 1.165) is 8.04 Å². The molecule has 17 heavy (non-hydrogen) atoms. The molecule has 2 aromatic rings. The number of Topliss-reactive ketones (excluding diaryl/α,β-unsaturated/α-hetero) is 1. The third-order valence-corrected chi connectivity index (χ3v) is 3.79. The van der Waals surface area contributed by atoms with Crippen LogP contribution in [-0.4, -0.2) is 20.5 Å². The van der Waals surface area contributed by atoms with Gasteiger partial charge in [-0.3, -0.25) is 9.48 Å². The Kier molecular flexibility index (Phi) is 3.93. The summed E-state index contributed by atoms with van der Waals surface area (Å²) in [7, 11) is 1.78. The van der Waals surface area contributed by atoms with Gasteiger partial charge in [-0.05, 0) is 40.8 Å². The van der Waals surface area contributed by atoms with E-state index in [1.54, 1.807) is 11.7 Å². The number of rotatable bonds is 3. The molecule has 0 bridgehead atoms. The molecule has 88 valence electrons. The monoisotopic (exact) mass is 405 g/mol. The van der Waals surface area contributed by atoms with Crippen molar-refractivity contribution in [2.24, 2.45) is 7.05 Å². The summed E-state index contributed by atoms with van der Waals surface area (Å²) in [4.78, 5) is 16.2. The molecule has 1 heterocycles. The van der Waals surface area contributed by atoms with Gasteiger partial charge in [0.25, 0.3) is 0 Å². The lowest BCUT2D eigenvalue weighted by Crippen LogP contribution is -2.10. The van der Waals surface area contributed by atoms with Gasteiger partial charge in [0.15, 0.2) is 5.78 Å². The van der Waals surface area contributed by atoms with Gasteiger partial charge in [0.2, 0.25) is 0 Å². The second-order valence-corrected chi connectivity index (χ2v) is 5.60. The number of nitrogens with zero attached hydrogens (tertiary/aromatic N) is 3. The second kappa shape index (κ2) is 5.26. The standard InChI is InChI=1S/C11H9BrIN3O/c1-16-11(14-6-15-16)5-10(17)8-4-7(12)2-3-9(8)13/h2-4,6H,5H2,1H3. The number of aromatic nitrogens is 3. The van der Waals surface area contributed by atoms with Crippen LogP contribution in [0.1, 0.15) is 16.2 Å². The topological polar surface area (TPSA) is 47.8 Å². The van der Waals surface area contributed by atoms with Crippen LogP contribution in [0.3, 0.4) is 0 Å². The SMILES string of the molecule is Cn1ncnc1CC(=O)c1cc(Br)ccc1I. The summed E-state index contributed by atoms with van der Waals surface area (Å²) in [6.07, 6.45) is 1.72. The highest BCUT2D eigenvalue weighted by Crippen LogP contribution is 2.19. The van der Waals surface area contributed by atoms with Crippen molar-refractivity contribution in [3.63, 3.8) is 0 Å². The highest BCUT2D eigenvalue weighted by atomic mass is 127. The Morgan fingerprint density at radius 3 is 2.94 bits per heavy atom. The fraction of sp³-hybridized carbons (Fsp3) is 0.182. The largest absolute Gasteiger partial charge is 0.294 e. The van der Waals surface area contributed by atoms with E-state index in [1.165, 1.54) is 6.33 Å². The van der Waals surface area contributed by atoms with Gasteiger partial charge in [0, 0.05) is 20.7 Å². The lowest BCUT2D eigenvalue weighted by Gasteiger charge is -2.04. The molecule has 1 aromatic carbocycles. The molecule has 4 nitrogen and oxygen atoms in total. The molecule has 0 fully saturated rings. The zero-order valence-electron chi connectivity index (χ0n) is 9.02. The van der Waals surface area contributed by atoms with Crippen LogP contribution in [0.2, 0.25) is 0 Å². The van der Waals surface area contributed by atoms with Gasteiger partial charge in [-0.15, -0.1) is 0 Å². The van der Waals surface area contributed by atoms with E-state index in [0.29, 0.717) is 11.4 Å². The van der Waals surface area contributed by atoms with Gasteiger partial charge < -0.3 is 0 Å². The Bertz CT molecular complexity index is 568. The maximum Gasteiger partial charge on any atom is 0.171 e. The Morgan fingerprint density at radius 2 is 2.29 bits per heavy atom. The maximum atomic E-state index is 12.1. The first-order valence-corrected chi connectivity index (χ1v) is 6.76. The Balaban J connectivity index is 2.26. The molecule has 0 saturated carbocycles. The summed E-state index contributed by atoms with van der Waals surface area (Å²) in [6.45, 7) is 0. The van der Waals surface area contributed by atoms with Crippen LogP contribution < -0.4 is 0 Å². The van der Waals surface area contributed by atoms with E-state index < -0.39 is 0 Å². The van der Waals surface area contributed by atoms with Crippen LogP contribution in [-0.2, 0) is 13.5 Å². The first kappa shape index (κ1) is 12.7. The van der Waals surface area contributed by atoms with Gasteiger partial charge in [0.1, 0.15) is 12.2 Å². The van der Waals surface area contributed by atoms with Gasteiger partial charge in [-0.25, -0.2) is 4.98 Å².